The Morgan fingerprint density at radius 1 is 1.30 bits per heavy atom. The van der Waals surface area contributed by atoms with Crippen molar-refractivity contribution in [2.24, 2.45) is 11.8 Å². The molecule has 1 saturated carbocycles. The van der Waals surface area contributed by atoms with Crippen molar-refractivity contribution >= 4 is 22.5 Å². The first-order chi connectivity index (χ1) is 9.81. The summed E-state index contributed by atoms with van der Waals surface area (Å²) < 4.78 is 0. The van der Waals surface area contributed by atoms with Gasteiger partial charge in [0.05, 0.1) is 0 Å². The summed E-state index contributed by atoms with van der Waals surface area (Å²) in [6, 6.07) is 10.6. The number of rotatable bonds is 2. The number of carbonyl (C=O) groups is 1. The van der Waals surface area contributed by atoms with E-state index in [4.69, 9.17) is 0 Å². The minimum Gasteiger partial charge on any atom is -0.314 e. The first kappa shape index (κ1) is 11.9. The Hall–Kier alpha value is -1.94. The SMILES string of the molecule is O=C(Nc1cc2ccccc2cn1)[C@@H]1CCN[C@@H]2C[C@@H]21. The van der Waals surface area contributed by atoms with Crippen LogP contribution in [0.3, 0.4) is 0 Å². The molecule has 0 bridgehead atoms. The van der Waals surface area contributed by atoms with Gasteiger partial charge in [0, 0.05) is 23.5 Å². The van der Waals surface area contributed by atoms with E-state index in [1.54, 1.807) is 0 Å². The third kappa shape index (κ3) is 2.06. The number of aromatic nitrogens is 1. The van der Waals surface area contributed by atoms with E-state index >= 15 is 0 Å². The molecular formula is C16H17N3O. The molecular weight excluding hydrogens is 250 g/mol. The molecule has 1 aliphatic carbocycles. The number of hydrogen-bond donors (Lipinski definition) is 2. The van der Waals surface area contributed by atoms with Crippen molar-refractivity contribution in [3.63, 3.8) is 0 Å². The number of pyridine rings is 1. The highest BCUT2D eigenvalue weighted by Crippen LogP contribution is 2.42. The van der Waals surface area contributed by atoms with Gasteiger partial charge in [-0.15, -0.1) is 0 Å². The number of benzene rings is 1. The van der Waals surface area contributed by atoms with Crippen molar-refractivity contribution in [1.82, 2.24) is 10.3 Å². The van der Waals surface area contributed by atoms with Crippen LogP contribution < -0.4 is 10.6 Å². The fourth-order valence-electron chi connectivity index (χ4n) is 3.23. The first-order valence-electron chi connectivity index (χ1n) is 7.20. The lowest BCUT2D eigenvalue weighted by molar-refractivity contribution is -0.121. The second-order valence-corrected chi connectivity index (χ2v) is 5.76. The van der Waals surface area contributed by atoms with Gasteiger partial charge in [0.15, 0.2) is 0 Å². The quantitative estimate of drug-likeness (QED) is 0.877. The minimum absolute atomic E-state index is 0.127. The van der Waals surface area contributed by atoms with Crippen LogP contribution in [0.5, 0.6) is 0 Å². The lowest BCUT2D eigenvalue weighted by Gasteiger charge is -2.21. The standard InChI is InChI=1S/C16H17N3O/c20-16(12-5-6-17-14-8-13(12)14)19-15-7-10-3-1-2-4-11(10)9-18-15/h1-4,7,9,12-14,17H,5-6,8H2,(H,18,19,20)/t12-,13-,14-/m1/s1. The molecule has 4 rings (SSSR count). The zero-order chi connectivity index (χ0) is 13.5. The van der Waals surface area contributed by atoms with Gasteiger partial charge in [-0.2, -0.15) is 0 Å². The predicted molar refractivity (Wildman–Crippen MR) is 78.4 cm³/mol. The van der Waals surface area contributed by atoms with E-state index in [-0.39, 0.29) is 11.8 Å². The smallest absolute Gasteiger partial charge is 0.229 e. The molecule has 4 nitrogen and oxygen atoms in total. The maximum absolute atomic E-state index is 12.4. The molecule has 0 unspecified atom stereocenters. The molecule has 2 aromatic rings. The summed E-state index contributed by atoms with van der Waals surface area (Å²) in [4.78, 5) is 16.7. The van der Waals surface area contributed by atoms with Gasteiger partial charge >= 0.3 is 0 Å². The Bertz CT molecular complexity index is 670. The molecule has 1 saturated heterocycles. The fourth-order valence-corrected chi connectivity index (χ4v) is 3.23. The van der Waals surface area contributed by atoms with E-state index in [0.717, 1.165) is 30.2 Å². The highest BCUT2D eigenvalue weighted by Gasteiger charge is 2.48. The summed E-state index contributed by atoms with van der Waals surface area (Å²) >= 11 is 0. The van der Waals surface area contributed by atoms with Gasteiger partial charge in [-0.1, -0.05) is 24.3 Å². The van der Waals surface area contributed by atoms with Gasteiger partial charge in [0.25, 0.3) is 0 Å². The Kier molecular flexibility index (Phi) is 2.70. The number of carbonyl (C=O) groups excluding carboxylic acids is 1. The van der Waals surface area contributed by atoms with Crippen LogP contribution in [0, 0.1) is 11.8 Å². The molecule has 2 fully saturated rings. The number of anilines is 1. The monoisotopic (exact) mass is 267 g/mol. The van der Waals surface area contributed by atoms with E-state index in [2.05, 4.69) is 15.6 Å². The molecule has 2 N–H and O–H groups in total. The summed E-state index contributed by atoms with van der Waals surface area (Å²) in [6.07, 6.45) is 3.89. The molecule has 0 radical (unpaired) electrons. The van der Waals surface area contributed by atoms with Crippen LogP contribution >= 0.6 is 0 Å². The highest BCUT2D eigenvalue weighted by molar-refractivity contribution is 5.94. The normalized spacial score (nSPS) is 27.9. The van der Waals surface area contributed by atoms with Crippen molar-refractivity contribution in [2.45, 2.75) is 18.9 Å². The number of fused-ring (bicyclic) bond motifs is 2. The van der Waals surface area contributed by atoms with Crippen LogP contribution in [0.25, 0.3) is 10.8 Å². The Labute approximate surface area is 117 Å². The maximum atomic E-state index is 12.4. The maximum Gasteiger partial charge on any atom is 0.229 e. The summed E-state index contributed by atoms with van der Waals surface area (Å²) in [5, 5.41) is 8.61. The second-order valence-electron chi connectivity index (χ2n) is 5.76. The molecule has 1 aromatic heterocycles. The number of amides is 1. The zero-order valence-corrected chi connectivity index (χ0v) is 11.2. The third-order valence-electron chi connectivity index (χ3n) is 4.44. The minimum atomic E-state index is 0.127. The van der Waals surface area contributed by atoms with Crippen molar-refractivity contribution in [1.29, 1.82) is 0 Å². The van der Waals surface area contributed by atoms with Crippen molar-refractivity contribution in [2.75, 3.05) is 11.9 Å². The van der Waals surface area contributed by atoms with Crippen LogP contribution in [0.1, 0.15) is 12.8 Å². The number of hydrogen-bond acceptors (Lipinski definition) is 3. The molecule has 20 heavy (non-hydrogen) atoms. The van der Waals surface area contributed by atoms with Gasteiger partial charge in [0.2, 0.25) is 5.91 Å². The Balaban J connectivity index is 1.53. The van der Waals surface area contributed by atoms with E-state index in [0.29, 0.717) is 17.8 Å². The van der Waals surface area contributed by atoms with E-state index in [1.165, 1.54) is 0 Å². The molecule has 1 aromatic carbocycles. The zero-order valence-electron chi connectivity index (χ0n) is 11.2. The third-order valence-corrected chi connectivity index (χ3v) is 4.44. The van der Waals surface area contributed by atoms with E-state index in [9.17, 15) is 4.79 Å². The second kappa shape index (κ2) is 4.56. The van der Waals surface area contributed by atoms with Gasteiger partial charge in [-0.05, 0) is 36.8 Å². The van der Waals surface area contributed by atoms with E-state index < -0.39 is 0 Å². The van der Waals surface area contributed by atoms with Crippen LogP contribution in [-0.2, 0) is 4.79 Å². The van der Waals surface area contributed by atoms with Gasteiger partial charge < -0.3 is 10.6 Å². The lowest BCUT2D eigenvalue weighted by Crippen LogP contribution is -2.36. The lowest BCUT2D eigenvalue weighted by atomic mass is 9.96. The number of nitrogens with one attached hydrogen (secondary N) is 2. The van der Waals surface area contributed by atoms with Crippen molar-refractivity contribution in [3.05, 3.63) is 36.5 Å². The average Bonchev–Trinajstić information content (AvgIpc) is 3.26. The van der Waals surface area contributed by atoms with E-state index in [1.807, 2.05) is 36.5 Å². The van der Waals surface area contributed by atoms with Crippen LogP contribution in [0.4, 0.5) is 5.82 Å². The number of piperidine rings is 1. The summed E-state index contributed by atoms with van der Waals surface area (Å²) in [7, 11) is 0. The molecule has 3 atom stereocenters. The van der Waals surface area contributed by atoms with Gasteiger partial charge in [-0.25, -0.2) is 4.98 Å². The molecule has 2 heterocycles. The topological polar surface area (TPSA) is 54.0 Å². The molecule has 1 amide bonds. The molecule has 0 spiro atoms. The van der Waals surface area contributed by atoms with Crippen molar-refractivity contribution < 1.29 is 4.79 Å². The Morgan fingerprint density at radius 3 is 3.05 bits per heavy atom. The Morgan fingerprint density at radius 2 is 2.15 bits per heavy atom. The van der Waals surface area contributed by atoms with Crippen LogP contribution in [-0.4, -0.2) is 23.5 Å². The largest absolute Gasteiger partial charge is 0.314 e. The summed E-state index contributed by atoms with van der Waals surface area (Å²) in [5.41, 5.74) is 0. The van der Waals surface area contributed by atoms with Crippen molar-refractivity contribution in [3.8, 4) is 0 Å². The molecule has 1 aliphatic heterocycles. The first-order valence-corrected chi connectivity index (χ1v) is 7.20. The van der Waals surface area contributed by atoms with Crippen LogP contribution in [0.15, 0.2) is 36.5 Å². The fraction of sp³-hybridized carbons (Fsp3) is 0.375. The van der Waals surface area contributed by atoms with Crippen LogP contribution in [0.2, 0.25) is 0 Å². The summed E-state index contributed by atoms with van der Waals surface area (Å²) in [6.45, 7) is 0.949. The molecule has 2 aliphatic rings. The highest BCUT2D eigenvalue weighted by atomic mass is 16.2. The summed E-state index contributed by atoms with van der Waals surface area (Å²) in [5.74, 6) is 1.46. The van der Waals surface area contributed by atoms with Gasteiger partial charge in [0.1, 0.15) is 5.82 Å². The average molecular weight is 267 g/mol. The van der Waals surface area contributed by atoms with Gasteiger partial charge in [-0.3, -0.25) is 4.79 Å². The number of nitrogens with zero attached hydrogens (tertiary/aromatic N) is 1. The molecule has 102 valence electrons. The molecule has 4 heteroatoms. The predicted octanol–water partition coefficient (Wildman–Crippen LogP) is 2.17.